The molecule has 0 saturated heterocycles. The average molecular weight is 289 g/mol. The molecule has 6 heteroatoms. The fourth-order valence-corrected chi connectivity index (χ4v) is 2.05. The molecule has 0 aliphatic carbocycles. The number of halogens is 1. The second-order valence-corrected chi connectivity index (χ2v) is 4.07. The Morgan fingerprint density at radius 1 is 1.00 bits per heavy atom. The number of para-hydroxylation sites is 2. The number of aromatic nitrogens is 2. The molecule has 0 bridgehead atoms. The van der Waals surface area contributed by atoms with Gasteiger partial charge < -0.3 is 0 Å². The maximum absolute atomic E-state index is 12.5. The van der Waals surface area contributed by atoms with E-state index in [9.17, 15) is 4.79 Å². The summed E-state index contributed by atoms with van der Waals surface area (Å²) in [5, 5.41) is 0.561. The molecule has 0 radical (unpaired) electrons. The van der Waals surface area contributed by atoms with E-state index in [4.69, 9.17) is 5.84 Å². The highest BCUT2D eigenvalue weighted by atomic mass is 35.5. The second-order valence-electron chi connectivity index (χ2n) is 4.07. The molecule has 0 spiro atoms. The molecule has 0 unspecified atom stereocenters. The smallest absolute Gasteiger partial charge is 0.267 e. The number of rotatable bonds is 2. The monoisotopic (exact) mass is 288 g/mol. The summed E-state index contributed by atoms with van der Waals surface area (Å²) in [6.45, 7) is 0. The van der Waals surface area contributed by atoms with E-state index in [1.54, 1.807) is 12.1 Å². The summed E-state index contributed by atoms with van der Waals surface area (Å²) in [5.74, 6) is 5.79. The van der Waals surface area contributed by atoms with Crippen molar-refractivity contribution in [1.29, 1.82) is 0 Å². The maximum Gasteiger partial charge on any atom is 0.267 e. The SMILES string of the molecule is Cl.NNc1nc2ccccc2c(=O)n1-c1ccccc1. The Hall–Kier alpha value is -2.37. The van der Waals surface area contributed by atoms with Crippen LogP contribution in [-0.4, -0.2) is 9.55 Å². The van der Waals surface area contributed by atoms with Gasteiger partial charge in [0.05, 0.1) is 16.6 Å². The summed E-state index contributed by atoms with van der Waals surface area (Å²) in [6.07, 6.45) is 0. The summed E-state index contributed by atoms with van der Waals surface area (Å²) < 4.78 is 1.46. The second kappa shape index (κ2) is 5.73. The lowest BCUT2D eigenvalue weighted by molar-refractivity contribution is 0.955. The van der Waals surface area contributed by atoms with Crippen molar-refractivity contribution in [3.8, 4) is 5.69 Å². The predicted octanol–water partition coefficient (Wildman–Crippen LogP) is 2.09. The zero-order chi connectivity index (χ0) is 13.2. The van der Waals surface area contributed by atoms with Crippen LogP contribution in [0.25, 0.3) is 16.6 Å². The molecule has 0 saturated carbocycles. The number of hydrogen-bond acceptors (Lipinski definition) is 4. The highest BCUT2D eigenvalue weighted by Crippen LogP contribution is 2.14. The Morgan fingerprint density at radius 2 is 1.65 bits per heavy atom. The topological polar surface area (TPSA) is 72.9 Å². The van der Waals surface area contributed by atoms with Gasteiger partial charge in [0.2, 0.25) is 5.95 Å². The summed E-state index contributed by atoms with van der Waals surface area (Å²) in [4.78, 5) is 16.9. The van der Waals surface area contributed by atoms with Crippen LogP contribution in [0.1, 0.15) is 0 Å². The Labute approximate surface area is 121 Å². The zero-order valence-corrected chi connectivity index (χ0v) is 11.3. The standard InChI is InChI=1S/C14H12N4O.ClH/c15-17-14-16-12-9-5-4-8-11(12)13(19)18(14)10-6-2-1-3-7-10;/h1-9H,15H2,(H,16,17);1H. The minimum atomic E-state index is -0.148. The average Bonchev–Trinajstić information content (AvgIpc) is 2.48. The van der Waals surface area contributed by atoms with Crippen LogP contribution in [-0.2, 0) is 0 Å². The minimum absolute atomic E-state index is 0. The van der Waals surface area contributed by atoms with Gasteiger partial charge in [0.25, 0.3) is 5.56 Å². The number of fused-ring (bicyclic) bond motifs is 1. The lowest BCUT2D eigenvalue weighted by atomic mass is 10.2. The third kappa shape index (κ3) is 2.24. The van der Waals surface area contributed by atoms with Crippen LogP contribution >= 0.6 is 12.4 Å². The van der Waals surface area contributed by atoms with Crippen molar-refractivity contribution < 1.29 is 0 Å². The largest absolute Gasteiger partial charge is 0.293 e. The van der Waals surface area contributed by atoms with Gasteiger partial charge in [-0.1, -0.05) is 30.3 Å². The first kappa shape index (κ1) is 14.0. The summed E-state index contributed by atoms with van der Waals surface area (Å²) in [5.41, 5.74) is 3.67. The zero-order valence-electron chi connectivity index (χ0n) is 10.5. The number of hydrazine groups is 1. The van der Waals surface area contributed by atoms with Crippen molar-refractivity contribution in [2.75, 3.05) is 5.43 Å². The van der Waals surface area contributed by atoms with Gasteiger partial charge in [-0.25, -0.2) is 15.4 Å². The van der Waals surface area contributed by atoms with E-state index in [0.29, 0.717) is 16.9 Å². The molecular formula is C14H13ClN4O. The van der Waals surface area contributed by atoms with Crippen molar-refractivity contribution in [2.24, 2.45) is 5.84 Å². The highest BCUT2D eigenvalue weighted by molar-refractivity contribution is 5.85. The van der Waals surface area contributed by atoms with Crippen LogP contribution in [0.5, 0.6) is 0 Å². The summed E-state index contributed by atoms with van der Waals surface area (Å²) >= 11 is 0. The van der Waals surface area contributed by atoms with Crippen LogP contribution in [0.15, 0.2) is 59.4 Å². The van der Waals surface area contributed by atoms with Crippen LogP contribution in [0, 0.1) is 0 Å². The van der Waals surface area contributed by atoms with Gasteiger partial charge in [-0.15, -0.1) is 12.4 Å². The molecule has 20 heavy (non-hydrogen) atoms. The fourth-order valence-electron chi connectivity index (χ4n) is 2.05. The lowest BCUT2D eigenvalue weighted by Gasteiger charge is -2.12. The number of nitrogens with two attached hydrogens (primary N) is 1. The van der Waals surface area contributed by atoms with Crippen molar-refractivity contribution in [2.45, 2.75) is 0 Å². The number of anilines is 1. The van der Waals surface area contributed by atoms with Crippen molar-refractivity contribution >= 4 is 29.3 Å². The van der Waals surface area contributed by atoms with Gasteiger partial charge in [-0.05, 0) is 24.3 Å². The van der Waals surface area contributed by atoms with Gasteiger partial charge in [-0.3, -0.25) is 10.2 Å². The Bertz CT molecular complexity index is 786. The van der Waals surface area contributed by atoms with E-state index in [2.05, 4.69) is 10.4 Å². The van der Waals surface area contributed by atoms with E-state index >= 15 is 0 Å². The van der Waals surface area contributed by atoms with E-state index in [-0.39, 0.29) is 18.0 Å². The van der Waals surface area contributed by atoms with E-state index < -0.39 is 0 Å². The third-order valence-corrected chi connectivity index (χ3v) is 2.92. The van der Waals surface area contributed by atoms with E-state index in [1.807, 2.05) is 42.5 Å². The molecule has 0 aliphatic heterocycles. The van der Waals surface area contributed by atoms with Gasteiger partial charge >= 0.3 is 0 Å². The summed E-state index contributed by atoms with van der Waals surface area (Å²) in [6, 6.07) is 16.5. The van der Waals surface area contributed by atoms with Gasteiger partial charge in [0, 0.05) is 0 Å². The number of nitrogens with one attached hydrogen (secondary N) is 1. The molecular weight excluding hydrogens is 276 g/mol. The predicted molar refractivity (Wildman–Crippen MR) is 82.4 cm³/mol. The van der Waals surface area contributed by atoms with E-state index in [1.165, 1.54) is 4.57 Å². The molecule has 0 amide bonds. The van der Waals surface area contributed by atoms with Crippen molar-refractivity contribution in [3.63, 3.8) is 0 Å². The van der Waals surface area contributed by atoms with Crippen LogP contribution in [0.3, 0.4) is 0 Å². The maximum atomic E-state index is 12.5. The van der Waals surface area contributed by atoms with Gasteiger partial charge in [-0.2, -0.15) is 0 Å². The number of benzene rings is 2. The molecule has 102 valence electrons. The Balaban J connectivity index is 0.00000147. The minimum Gasteiger partial charge on any atom is -0.293 e. The third-order valence-electron chi connectivity index (χ3n) is 2.92. The first-order chi connectivity index (χ1) is 9.31. The van der Waals surface area contributed by atoms with Gasteiger partial charge in [0.15, 0.2) is 0 Å². The van der Waals surface area contributed by atoms with Crippen molar-refractivity contribution in [1.82, 2.24) is 9.55 Å². The highest BCUT2D eigenvalue weighted by Gasteiger charge is 2.10. The Morgan fingerprint density at radius 3 is 2.35 bits per heavy atom. The normalized spacial score (nSPS) is 10.1. The molecule has 5 nitrogen and oxygen atoms in total. The molecule has 2 aromatic carbocycles. The first-order valence-electron chi connectivity index (χ1n) is 5.85. The first-order valence-corrected chi connectivity index (χ1v) is 5.85. The molecule has 3 rings (SSSR count). The number of nitrogen functional groups attached to an aromatic ring is 1. The number of nitrogens with zero attached hydrogens (tertiary/aromatic N) is 2. The Kier molecular flexibility index (Phi) is 4.02. The van der Waals surface area contributed by atoms with Gasteiger partial charge in [0.1, 0.15) is 0 Å². The molecule has 1 heterocycles. The molecule has 3 N–H and O–H groups in total. The molecule has 1 aromatic heterocycles. The summed E-state index contributed by atoms with van der Waals surface area (Å²) in [7, 11) is 0. The number of hydrogen-bond donors (Lipinski definition) is 2. The van der Waals surface area contributed by atoms with E-state index in [0.717, 1.165) is 5.69 Å². The van der Waals surface area contributed by atoms with Crippen LogP contribution in [0.4, 0.5) is 5.95 Å². The van der Waals surface area contributed by atoms with Crippen LogP contribution in [0.2, 0.25) is 0 Å². The molecule has 0 atom stereocenters. The van der Waals surface area contributed by atoms with Crippen molar-refractivity contribution in [3.05, 3.63) is 65.0 Å². The molecule has 0 aliphatic rings. The fraction of sp³-hybridized carbons (Fsp3) is 0. The lowest BCUT2D eigenvalue weighted by Crippen LogP contribution is -2.25. The molecule has 0 fully saturated rings. The quantitative estimate of drug-likeness (QED) is 0.559. The van der Waals surface area contributed by atoms with Crippen LogP contribution < -0.4 is 16.8 Å². The molecule has 3 aromatic rings.